The van der Waals surface area contributed by atoms with Crippen molar-refractivity contribution >= 4 is 22.9 Å². The summed E-state index contributed by atoms with van der Waals surface area (Å²) in [6, 6.07) is 9.51. The Kier molecular flexibility index (Phi) is 4.45. The molecule has 1 heterocycles. The Bertz CT molecular complexity index is 591. The van der Waals surface area contributed by atoms with E-state index in [0.29, 0.717) is 17.2 Å². The van der Waals surface area contributed by atoms with E-state index in [-0.39, 0.29) is 11.9 Å². The van der Waals surface area contributed by atoms with Gasteiger partial charge in [-0.3, -0.25) is 4.79 Å². The first-order valence-corrected chi connectivity index (χ1v) is 7.57. The van der Waals surface area contributed by atoms with Crippen LogP contribution in [0.4, 0.5) is 5.69 Å². The lowest BCUT2D eigenvalue weighted by Gasteiger charge is -2.22. The molecular weight excluding hydrogens is 268 g/mol. The van der Waals surface area contributed by atoms with Crippen LogP contribution in [-0.2, 0) is 0 Å². The number of hydrogen-bond acceptors (Lipinski definition) is 3. The van der Waals surface area contributed by atoms with Crippen LogP contribution in [0.1, 0.15) is 40.7 Å². The molecule has 1 aromatic heterocycles. The molecular formula is C16H20N2OS. The van der Waals surface area contributed by atoms with E-state index in [9.17, 15) is 4.79 Å². The van der Waals surface area contributed by atoms with Crippen LogP contribution in [0, 0.1) is 12.8 Å². The number of carbonyl (C=O) groups excluding carboxylic acids is 1. The van der Waals surface area contributed by atoms with Gasteiger partial charge in [-0.05, 0) is 42.0 Å². The highest BCUT2D eigenvalue weighted by Crippen LogP contribution is 2.26. The predicted octanol–water partition coefficient (Wildman–Crippen LogP) is 3.77. The van der Waals surface area contributed by atoms with Crippen LogP contribution in [0.15, 0.2) is 35.7 Å². The predicted molar refractivity (Wildman–Crippen MR) is 85.0 cm³/mol. The third-order valence-corrected chi connectivity index (χ3v) is 4.26. The van der Waals surface area contributed by atoms with Gasteiger partial charge in [-0.2, -0.15) is 0 Å². The maximum atomic E-state index is 12.5. The Morgan fingerprint density at radius 2 is 2.05 bits per heavy atom. The maximum Gasteiger partial charge on any atom is 0.252 e. The number of benzene rings is 1. The van der Waals surface area contributed by atoms with E-state index < -0.39 is 0 Å². The number of anilines is 1. The minimum atomic E-state index is -0.0677. The number of hydrogen-bond donors (Lipinski definition) is 2. The molecule has 20 heavy (non-hydrogen) atoms. The quantitative estimate of drug-likeness (QED) is 0.841. The zero-order chi connectivity index (χ0) is 14.7. The molecule has 0 spiro atoms. The second kappa shape index (κ2) is 6.09. The van der Waals surface area contributed by atoms with Crippen molar-refractivity contribution in [3.05, 3.63) is 51.7 Å². The Balaban J connectivity index is 2.23. The van der Waals surface area contributed by atoms with E-state index in [2.05, 4.69) is 25.2 Å². The van der Waals surface area contributed by atoms with Crippen molar-refractivity contribution in [1.82, 2.24) is 5.32 Å². The summed E-state index contributed by atoms with van der Waals surface area (Å²) in [5, 5.41) is 5.15. The lowest BCUT2D eigenvalue weighted by Crippen LogP contribution is -2.31. The van der Waals surface area contributed by atoms with Crippen LogP contribution >= 0.6 is 11.3 Å². The SMILES string of the molecule is Cc1ccc(N)cc1C(=O)NC(c1cccs1)C(C)C. The van der Waals surface area contributed by atoms with Gasteiger partial charge in [-0.1, -0.05) is 26.0 Å². The molecule has 0 fully saturated rings. The molecule has 0 bridgehead atoms. The summed E-state index contributed by atoms with van der Waals surface area (Å²) in [6.45, 7) is 6.14. The number of aryl methyl sites for hydroxylation is 1. The lowest BCUT2D eigenvalue weighted by atomic mass is 10.0. The normalized spacial score (nSPS) is 12.4. The fraction of sp³-hybridized carbons (Fsp3) is 0.312. The van der Waals surface area contributed by atoms with Gasteiger partial charge in [0, 0.05) is 16.1 Å². The van der Waals surface area contributed by atoms with Crippen molar-refractivity contribution in [2.45, 2.75) is 26.8 Å². The average molecular weight is 288 g/mol. The first-order valence-electron chi connectivity index (χ1n) is 6.69. The van der Waals surface area contributed by atoms with Crippen molar-refractivity contribution < 1.29 is 4.79 Å². The van der Waals surface area contributed by atoms with Gasteiger partial charge in [0.25, 0.3) is 5.91 Å². The highest BCUT2D eigenvalue weighted by molar-refractivity contribution is 7.10. The fourth-order valence-corrected chi connectivity index (χ4v) is 3.09. The van der Waals surface area contributed by atoms with Gasteiger partial charge in [0.2, 0.25) is 0 Å². The standard InChI is InChI=1S/C16H20N2OS/c1-10(2)15(14-5-4-8-20-14)18-16(19)13-9-12(17)7-6-11(13)3/h4-10,15H,17H2,1-3H3,(H,18,19). The number of nitrogen functional groups attached to an aromatic ring is 1. The monoisotopic (exact) mass is 288 g/mol. The number of nitrogens with two attached hydrogens (primary N) is 1. The average Bonchev–Trinajstić information content (AvgIpc) is 2.91. The van der Waals surface area contributed by atoms with E-state index in [1.54, 1.807) is 17.4 Å². The van der Waals surface area contributed by atoms with Crippen molar-refractivity contribution in [1.29, 1.82) is 0 Å². The molecule has 4 heteroatoms. The third-order valence-electron chi connectivity index (χ3n) is 3.31. The van der Waals surface area contributed by atoms with Crippen LogP contribution < -0.4 is 11.1 Å². The van der Waals surface area contributed by atoms with Crippen LogP contribution in [0.3, 0.4) is 0 Å². The Hall–Kier alpha value is -1.81. The maximum absolute atomic E-state index is 12.5. The van der Waals surface area contributed by atoms with Crippen LogP contribution in [0.25, 0.3) is 0 Å². The van der Waals surface area contributed by atoms with E-state index in [0.717, 1.165) is 5.56 Å². The number of nitrogens with one attached hydrogen (secondary N) is 1. The van der Waals surface area contributed by atoms with Gasteiger partial charge in [0.05, 0.1) is 6.04 Å². The Morgan fingerprint density at radius 3 is 2.65 bits per heavy atom. The zero-order valence-electron chi connectivity index (χ0n) is 12.0. The highest BCUT2D eigenvalue weighted by atomic mass is 32.1. The smallest absolute Gasteiger partial charge is 0.252 e. The third kappa shape index (κ3) is 3.20. The molecule has 3 nitrogen and oxygen atoms in total. The summed E-state index contributed by atoms with van der Waals surface area (Å²) in [7, 11) is 0. The topological polar surface area (TPSA) is 55.1 Å². The molecule has 1 aromatic carbocycles. The number of thiophene rings is 1. The largest absolute Gasteiger partial charge is 0.399 e. The molecule has 1 amide bonds. The molecule has 2 rings (SSSR count). The molecule has 0 aliphatic rings. The van der Waals surface area contributed by atoms with Crippen LogP contribution in [-0.4, -0.2) is 5.91 Å². The minimum Gasteiger partial charge on any atom is -0.399 e. The van der Waals surface area contributed by atoms with E-state index in [4.69, 9.17) is 5.73 Å². The molecule has 1 unspecified atom stereocenters. The van der Waals surface area contributed by atoms with Gasteiger partial charge in [0.1, 0.15) is 0 Å². The number of carbonyl (C=O) groups is 1. The van der Waals surface area contributed by atoms with Gasteiger partial charge < -0.3 is 11.1 Å². The van der Waals surface area contributed by atoms with Crippen LogP contribution in [0.5, 0.6) is 0 Å². The lowest BCUT2D eigenvalue weighted by molar-refractivity contribution is 0.0926. The summed E-state index contributed by atoms with van der Waals surface area (Å²) in [5.74, 6) is 0.265. The van der Waals surface area contributed by atoms with Gasteiger partial charge in [0.15, 0.2) is 0 Å². The first-order chi connectivity index (χ1) is 9.49. The highest BCUT2D eigenvalue weighted by Gasteiger charge is 2.20. The molecule has 106 valence electrons. The Morgan fingerprint density at radius 1 is 1.30 bits per heavy atom. The molecule has 0 saturated heterocycles. The second-order valence-electron chi connectivity index (χ2n) is 5.28. The summed E-state index contributed by atoms with van der Waals surface area (Å²) < 4.78 is 0. The van der Waals surface area contributed by atoms with Crippen molar-refractivity contribution in [2.24, 2.45) is 5.92 Å². The molecule has 0 aliphatic heterocycles. The van der Waals surface area contributed by atoms with Gasteiger partial charge >= 0.3 is 0 Å². The molecule has 0 aliphatic carbocycles. The summed E-state index contributed by atoms with van der Waals surface area (Å²) >= 11 is 1.66. The van der Waals surface area contributed by atoms with Gasteiger partial charge in [-0.15, -0.1) is 11.3 Å². The summed E-state index contributed by atoms with van der Waals surface area (Å²) in [5.41, 5.74) is 7.96. The molecule has 0 radical (unpaired) electrons. The number of amides is 1. The van der Waals surface area contributed by atoms with E-state index >= 15 is 0 Å². The second-order valence-corrected chi connectivity index (χ2v) is 6.26. The number of rotatable bonds is 4. The minimum absolute atomic E-state index is 0.0309. The van der Waals surface area contributed by atoms with Crippen molar-refractivity contribution in [3.8, 4) is 0 Å². The molecule has 3 N–H and O–H groups in total. The zero-order valence-corrected chi connectivity index (χ0v) is 12.8. The first kappa shape index (κ1) is 14.6. The van der Waals surface area contributed by atoms with E-state index in [1.807, 2.05) is 30.5 Å². The molecule has 1 atom stereocenters. The van der Waals surface area contributed by atoms with Crippen molar-refractivity contribution in [2.75, 3.05) is 5.73 Å². The molecule has 2 aromatic rings. The summed E-state index contributed by atoms with van der Waals surface area (Å²) in [4.78, 5) is 13.6. The fourth-order valence-electron chi connectivity index (χ4n) is 2.14. The van der Waals surface area contributed by atoms with Gasteiger partial charge in [-0.25, -0.2) is 0 Å². The van der Waals surface area contributed by atoms with E-state index in [1.165, 1.54) is 4.88 Å². The molecule has 0 saturated carbocycles. The summed E-state index contributed by atoms with van der Waals surface area (Å²) in [6.07, 6.45) is 0. The van der Waals surface area contributed by atoms with Crippen LogP contribution in [0.2, 0.25) is 0 Å². The van der Waals surface area contributed by atoms with Crippen molar-refractivity contribution in [3.63, 3.8) is 0 Å². The Labute approximate surface area is 123 Å².